The molecular formula is C14H22N2O2. The third kappa shape index (κ3) is 2.59. The normalized spacial score (nSPS) is 28.0. The summed E-state index contributed by atoms with van der Waals surface area (Å²) in [5.41, 5.74) is 2.48. The van der Waals surface area contributed by atoms with Gasteiger partial charge in [-0.3, -0.25) is 4.90 Å². The van der Waals surface area contributed by atoms with Gasteiger partial charge in [0.15, 0.2) is 0 Å². The quantitative estimate of drug-likeness (QED) is 0.807. The molecule has 2 aliphatic heterocycles. The van der Waals surface area contributed by atoms with Crippen molar-refractivity contribution >= 4 is 0 Å². The average Bonchev–Trinajstić information content (AvgIpc) is 2.74. The van der Waals surface area contributed by atoms with Crippen molar-refractivity contribution in [1.29, 1.82) is 0 Å². The van der Waals surface area contributed by atoms with Crippen molar-refractivity contribution in [3.63, 3.8) is 0 Å². The van der Waals surface area contributed by atoms with Crippen LogP contribution >= 0.6 is 0 Å². The van der Waals surface area contributed by atoms with Gasteiger partial charge in [0.05, 0.1) is 11.3 Å². The van der Waals surface area contributed by atoms with Gasteiger partial charge in [0.2, 0.25) is 0 Å². The molecule has 0 N–H and O–H groups in total. The van der Waals surface area contributed by atoms with E-state index in [0.717, 1.165) is 37.7 Å². The zero-order valence-corrected chi connectivity index (χ0v) is 11.3. The Labute approximate surface area is 108 Å². The van der Waals surface area contributed by atoms with Crippen LogP contribution in [0, 0.1) is 5.92 Å². The van der Waals surface area contributed by atoms with Crippen molar-refractivity contribution in [1.82, 2.24) is 10.1 Å². The maximum absolute atomic E-state index is 5.79. The van der Waals surface area contributed by atoms with Crippen LogP contribution in [0.5, 0.6) is 0 Å². The Bertz CT molecular complexity index is 414. The van der Waals surface area contributed by atoms with E-state index >= 15 is 0 Å². The van der Waals surface area contributed by atoms with Gasteiger partial charge >= 0.3 is 0 Å². The molecule has 1 atom stereocenters. The molecule has 4 nitrogen and oxygen atoms in total. The van der Waals surface area contributed by atoms with Crippen LogP contribution in [0.1, 0.15) is 37.9 Å². The van der Waals surface area contributed by atoms with Crippen LogP contribution in [-0.4, -0.2) is 35.4 Å². The van der Waals surface area contributed by atoms with E-state index in [4.69, 9.17) is 9.26 Å². The van der Waals surface area contributed by atoms with Gasteiger partial charge in [-0.25, -0.2) is 0 Å². The molecule has 3 heterocycles. The van der Waals surface area contributed by atoms with Gasteiger partial charge in [-0.15, -0.1) is 0 Å². The SMILES string of the molecule is CC1(C)C[C@H](CN2CCc3nocc3C2)CCO1. The summed E-state index contributed by atoms with van der Waals surface area (Å²) in [6, 6.07) is 0. The molecule has 0 unspecified atom stereocenters. The molecular weight excluding hydrogens is 228 g/mol. The summed E-state index contributed by atoms with van der Waals surface area (Å²) in [6.07, 6.45) is 5.18. The highest BCUT2D eigenvalue weighted by Crippen LogP contribution is 2.30. The number of nitrogens with zero attached hydrogens (tertiary/aromatic N) is 2. The number of hydrogen-bond donors (Lipinski definition) is 0. The minimum absolute atomic E-state index is 0.0566. The second-order valence-corrected chi connectivity index (χ2v) is 6.24. The van der Waals surface area contributed by atoms with Gasteiger partial charge in [0.25, 0.3) is 0 Å². The third-order valence-electron chi connectivity index (χ3n) is 4.10. The molecule has 1 aromatic rings. The van der Waals surface area contributed by atoms with Crippen LogP contribution in [0.3, 0.4) is 0 Å². The van der Waals surface area contributed by atoms with Crippen molar-refractivity contribution in [2.24, 2.45) is 5.92 Å². The molecule has 0 aromatic carbocycles. The fourth-order valence-electron chi connectivity index (χ4n) is 3.23. The Hall–Kier alpha value is -0.870. The predicted octanol–water partition coefficient (Wildman–Crippen LogP) is 2.24. The van der Waals surface area contributed by atoms with E-state index in [9.17, 15) is 0 Å². The summed E-state index contributed by atoms with van der Waals surface area (Å²) < 4.78 is 10.8. The molecule has 0 bridgehead atoms. The predicted molar refractivity (Wildman–Crippen MR) is 68.2 cm³/mol. The van der Waals surface area contributed by atoms with Crippen LogP contribution < -0.4 is 0 Å². The van der Waals surface area contributed by atoms with Crippen LogP contribution in [0.15, 0.2) is 10.8 Å². The van der Waals surface area contributed by atoms with E-state index < -0.39 is 0 Å². The smallest absolute Gasteiger partial charge is 0.128 e. The first kappa shape index (κ1) is 12.2. The van der Waals surface area contributed by atoms with Gasteiger partial charge in [-0.05, 0) is 32.6 Å². The lowest BCUT2D eigenvalue weighted by Gasteiger charge is -2.38. The molecule has 100 valence electrons. The number of hydrogen-bond acceptors (Lipinski definition) is 4. The fraction of sp³-hybridized carbons (Fsp3) is 0.786. The van der Waals surface area contributed by atoms with Crippen LogP contribution in [0.25, 0.3) is 0 Å². The van der Waals surface area contributed by atoms with Crippen molar-refractivity contribution in [2.45, 2.75) is 45.3 Å². The number of fused-ring (bicyclic) bond motifs is 1. The lowest BCUT2D eigenvalue weighted by atomic mass is 9.87. The van der Waals surface area contributed by atoms with E-state index in [-0.39, 0.29) is 5.60 Å². The Morgan fingerprint density at radius 2 is 2.39 bits per heavy atom. The van der Waals surface area contributed by atoms with Crippen molar-refractivity contribution in [3.05, 3.63) is 17.5 Å². The second kappa shape index (κ2) is 4.67. The first-order chi connectivity index (χ1) is 8.62. The summed E-state index contributed by atoms with van der Waals surface area (Å²) in [4.78, 5) is 2.53. The minimum atomic E-state index is 0.0566. The number of aromatic nitrogens is 1. The molecule has 0 amide bonds. The van der Waals surface area contributed by atoms with E-state index in [1.165, 1.54) is 24.9 Å². The molecule has 18 heavy (non-hydrogen) atoms. The first-order valence-corrected chi connectivity index (χ1v) is 6.91. The number of rotatable bonds is 2. The molecule has 2 aliphatic rings. The van der Waals surface area contributed by atoms with Gasteiger partial charge in [0.1, 0.15) is 6.26 Å². The summed E-state index contributed by atoms with van der Waals surface area (Å²) in [5, 5.41) is 4.04. The number of ether oxygens (including phenoxy) is 1. The van der Waals surface area contributed by atoms with Crippen molar-refractivity contribution < 1.29 is 9.26 Å². The fourth-order valence-corrected chi connectivity index (χ4v) is 3.23. The Morgan fingerprint density at radius 3 is 3.22 bits per heavy atom. The standard InChI is InChI=1S/C14H22N2O2/c1-14(2)7-11(4-6-17-14)8-16-5-3-13-12(9-16)10-18-15-13/h10-11H,3-9H2,1-2H3/t11-/m1/s1. The first-order valence-electron chi connectivity index (χ1n) is 6.91. The Balaban J connectivity index is 1.58. The van der Waals surface area contributed by atoms with Gasteiger partial charge in [-0.1, -0.05) is 5.16 Å². The molecule has 0 radical (unpaired) electrons. The van der Waals surface area contributed by atoms with E-state index in [1.807, 2.05) is 0 Å². The van der Waals surface area contributed by atoms with Gasteiger partial charge in [-0.2, -0.15) is 0 Å². The topological polar surface area (TPSA) is 38.5 Å². The maximum Gasteiger partial charge on any atom is 0.128 e. The van der Waals surface area contributed by atoms with Crippen LogP contribution in [0.4, 0.5) is 0 Å². The lowest BCUT2D eigenvalue weighted by Crippen LogP contribution is -2.41. The van der Waals surface area contributed by atoms with E-state index in [1.54, 1.807) is 6.26 Å². The van der Waals surface area contributed by atoms with Gasteiger partial charge < -0.3 is 9.26 Å². The van der Waals surface area contributed by atoms with Crippen molar-refractivity contribution in [2.75, 3.05) is 19.7 Å². The molecule has 0 saturated carbocycles. The third-order valence-corrected chi connectivity index (χ3v) is 4.10. The highest BCUT2D eigenvalue weighted by atomic mass is 16.5. The zero-order valence-electron chi connectivity index (χ0n) is 11.3. The van der Waals surface area contributed by atoms with Crippen molar-refractivity contribution in [3.8, 4) is 0 Å². The average molecular weight is 250 g/mol. The highest BCUT2D eigenvalue weighted by Gasteiger charge is 2.30. The molecule has 1 fully saturated rings. The lowest BCUT2D eigenvalue weighted by molar-refractivity contribution is -0.0773. The van der Waals surface area contributed by atoms with Crippen LogP contribution in [0.2, 0.25) is 0 Å². The molecule has 0 spiro atoms. The summed E-state index contributed by atoms with van der Waals surface area (Å²) >= 11 is 0. The van der Waals surface area contributed by atoms with E-state index in [2.05, 4.69) is 23.9 Å². The molecule has 4 heteroatoms. The highest BCUT2D eigenvalue weighted by molar-refractivity contribution is 5.17. The molecule has 0 aliphatic carbocycles. The monoisotopic (exact) mass is 250 g/mol. The molecule has 1 saturated heterocycles. The van der Waals surface area contributed by atoms with Crippen LogP contribution in [-0.2, 0) is 17.7 Å². The molecule has 1 aromatic heterocycles. The summed E-state index contributed by atoms with van der Waals surface area (Å²) in [5.74, 6) is 0.759. The summed E-state index contributed by atoms with van der Waals surface area (Å²) in [7, 11) is 0. The van der Waals surface area contributed by atoms with E-state index in [0.29, 0.717) is 0 Å². The Kier molecular flexibility index (Phi) is 3.16. The Morgan fingerprint density at radius 1 is 1.50 bits per heavy atom. The second-order valence-electron chi connectivity index (χ2n) is 6.24. The zero-order chi connectivity index (χ0) is 12.6. The van der Waals surface area contributed by atoms with Gasteiger partial charge in [0, 0.05) is 38.2 Å². The minimum Gasteiger partial charge on any atom is -0.376 e. The largest absolute Gasteiger partial charge is 0.376 e. The maximum atomic E-state index is 5.79. The molecule has 3 rings (SSSR count). The summed E-state index contributed by atoms with van der Waals surface area (Å²) in [6.45, 7) is 8.59.